The molecule has 1 aliphatic heterocycles. The van der Waals surface area contributed by atoms with Crippen molar-refractivity contribution in [3.8, 4) is 0 Å². The maximum absolute atomic E-state index is 12.0. The highest BCUT2D eigenvalue weighted by Crippen LogP contribution is 2.40. The Balaban J connectivity index is 1.44. The van der Waals surface area contributed by atoms with Gasteiger partial charge in [-0.05, 0) is 54.8 Å². The second-order valence-corrected chi connectivity index (χ2v) is 7.86. The first-order valence-electron chi connectivity index (χ1n) is 8.00. The molecule has 0 unspecified atom stereocenters. The van der Waals surface area contributed by atoms with Crippen molar-refractivity contribution in [1.29, 1.82) is 0 Å². The number of carbonyl (C=O) groups excluding carboxylic acids is 1. The van der Waals surface area contributed by atoms with Gasteiger partial charge in [-0.2, -0.15) is 0 Å². The van der Waals surface area contributed by atoms with E-state index in [0.717, 1.165) is 34.5 Å². The van der Waals surface area contributed by atoms with Crippen molar-refractivity contribution in [2.45, 2.75) is 44.1 Å². The van der Waals surface area contributed by atoms with Crippen LogP contribution in [0.5, 0.6) is 0 Å². The summed E-state index contributed by atoms with van der Waals surface area (Å²) in [4.78, 5) is 25.5. The molecule has 0 saturated heterocycles. The SMILES string of the molecule is CC1(C)C(=O)Nc2ncc(C3CC(Nc4ccc(Br)cn4)C3)nc21. The number of pyridine rings is 1. The maximum atomic E-state index is 12.0. The summed E-state index contributed by atoms with van der Waals surface area (Å²) in [6.45, 7) is 3.77. The second kappa shape index (κ2) is 5.51. The van der Waals surface area contributed by atoms with Gasteiger partial charge in [0, 0.05) is 22.6 Å². The summed E-state index contributed by atoms with van der Waals surface area (Å²) in [5, 5.41) is 6.23. The zero-order chi connectivity index (χ0) is 16.9. The van der Waals surface area contributed by atoms with E-state index in [-0.39, 0.29) is 5.91 Å². The van der Waals surface area contributed by atoms with Crippen LogP contribution in [-0.4, -0.2) is 26.9 Å². The van der Waals surface area contributed by atoms with Crippen molar-refractivity contribution in [3.63, 3.8) is 0 Å². The summed E-state index contributed by atoms with van der Waals surface area (Å²) >= 11 is 3.39. The Morgan fingerprint density at radius 1 is 1.25 bits per heavy atom. The van der Waals surface area contributed by atoms with Crippen LogP contribution in [0.25, 0.3) is 0 Å². The van der Waals surface area contributed by atoms with Crippen LogP contribution in [-0.2, 0) is 10.2 Å². The second-order valence-electron chi connectivity index (χ2n) is 6.94. The van der Waals surface area contributed by atoms with Gasteiger partial charge in [0.15, 0.2) is 5.82 Å². The number of amides is 1. The molecule has 2 aromatic rings. The Kier molecular flexibility index (Phi) is 3.56. The standard InChI is InChI=1S/C17H18BrN5O/c1-17(2)14-15(23-16(17)24)20-8-12(22-14)9-5-11(6-9)21-13-4-3-10(18)7-19-13/h3-4,7-9,11H,5-6H2,1-2H3,(H,19,21)(H,20,23,24). The summed E-state index contributed by atoms with van der Waals surface area (Å²) in [5.41, 5.74) is 1.12. The van der Waals surface area contributed by atoms with Crippen molar-refractivity contribution in [1.82, 2.24) is 15.0 Å². The molecule has 1 fully saturated rings. The first kappa shape index (κ1) is 15.5. The first-order valence-corrected chi connectivity index (χ1v) is 8.80. The third-order valence-electron chi connectivity index (χ3n) is 4.82. The molecule has 2 N–H and O–H groups in total. The van der Waals surface area contributed by atoms with Gasteiger partial charge in [-0.25, -0.2) is 9.97 Å². The molecule has 0 bridgehead atoms. The largest absolute Gasteiger partial charge is 0.367 e. The normalized spacial score (nSPS) is 24.0. The molecule has 1 aliphatic carbocycles. The van der Waals surface area contributed by atoms with Crippen LogP contribution in [0.1, 0.15) is 44.0 Å². The lowest BCUT2D eigenvalue weighted by Crippen LogP contribution is -2.35. The van der Waals surface area contributed by atoms with Crippen molar-refractivity contribution in [3.05, 3.63) is 40.4 Å². The number of hydrogen-bond donors (Lipinski definition) is 2. The van der Waals surface area contributed by atoms with E-state index >= 15 is 0 Å². The summed E-state index contributed by atoms with van der Waals surface area (Å²) in [6.07, 6.45) is 5.57. The van der Waals surface area contributed by atoms with E-state index in [1.807, 2.05) is 26.0 Å². The average Bonchev–Trinajstić information content (AvgIpc) is 2.74. The summed E-state index contributed by atoms with van der Waals surface area (Å²) < 4.78 is 0.971. The topological polar surface area (TPSA) is 79.8 Å². The minimum Gasteiger partial charge on any atom is -0.367 e. The molecule has 2 aromatic heterocycles. The number of hydrogen-bond acceptors (Lipinski definition) is 5. The lowest BCUT2D eigenvalue weighted by molar-refractivity contribution is -0.119. The molecule has 4 rings (SSSR count). The van der Waals surface area contributed by atoms with E-state index in [1.54, 1.807) is 12.4 Å². The highest BCUT2D eigenvalue weighted by Gasteiger charge is 2.42. The van der Waals surface area contributed by atoms with E-state index < -0.39 is 5.41 Å². The molecule has 6 nitrogen and oxygen atoms in total. The lowest BCUT2D eigenvalue weighted by atomic mass is 9.78. The van der Waals surface area contributed by atoms with Crippen molar-refractivity contribution in [2.75, 3.05) is 10.6 Å². The third-order valence-corrected chi connectivity index (χ3v) is 5.29. The van der Waals surface area contributed by atoms with Crippen LogP contribution in [0.4, 0.5) is 11.6 Å². The highest BCUT2D eigenvalue weighted by atomic mass is 79.9. The number of fused-ring (bicyclic) bond motifs is 1. The summed E-state index contributed by atoms with van der Waals surface area (Å²) in [5.74, 6) is 1.82. The molecular weight excluding hydrogens is 370 g/mol. The van der Waals surface area contributed by atoms with Crippen LogP contribution in [0.2, 0.25) is 0 Å². The molecule has 0 radical (unpaired) electrons. The van der Waals surface area contributed by atoms with Gasteiger partial charge >= 0.3 is 0 Å². The Hall–Kier alpha value is -2.02. The first-order chi connectivity index (χ1) is 11.4. The molecule has 0 atom stereocenters. The van der Waals surface area contributed by atoms with Gasteiger partial charge in [0.05, 0.1) is 23.0 Å². The fourth-order valence-electron chi connectivity index (χ4n) is 3.15. The van der Waals surface area contributed by atoms with Crippen LogP contribution in [0, 0.1) is 0 Å². The summed E-state index contributed by atoms with van der Waals surface area (Å²) in [7, 11) is 0. The zero-order valence-corrected chi connectivity index (χ0v) is 15.1. The van der Waals surface area contributed by atoms with Gasteiger partial charge in [-0.3, -0.25) is 9.78 Å². The van der Waals surface area contributed by atoms with Gasteiger partial charge in [0.25, 0.3) is 0 Å². The Bertz CT molecular complexity index is 799. The van der Waals surface area contributed by atoms with Crippen molar-refractivity contribution >= 4 is 33.5 Å². The average molecular weight is 388 g/mol. The van der Waals surface area contributed by atoms with E-state index in [4.69, 9.17) is 4.98 Å². The molecule has 124 valence electrons. The monoisotopic (exact) mass is 387 g/mol. The molecule has 7 heteroatoms. The van der Waals surface area contributed by atoms with Crippen molar-refractivity contribution < 1.29 is 4.79 Å². The fourth-order valence-corrected chi connectivity index (χ4v) is 3.38. The smallest absolute Gasteiger partial charge is 0.237 e. The van der Waals surface area contributed by atoms with Crippen LogP contribution in [0.15, 0.2) is 29.0 Å². The minimum atomic E-state index is -0.610. The van der Waals surface area contributed by atoms with Gasteiger partial charge in [0.1, 0.15) is 5.82 Å². The van der Waals surface area contributed by atoms with Crippen LogP contribution >= 0.6 is 15.9 Å². The number of aromatic nitrogens is 3. The number of carbonyl (C=O) groups is 1. The molecule has 0 aromatic carbocycles. The molecule has 3 heterocycles. The number of nitrogens with one attached hydrogen (secondary N) is 2. The molecular formula is C17H18BrN5O. The van der Waals surface area contributed by atoms with E-state index in [2.05, 4.69) is 36.5 Å². The zero-order valence-electron chi connectivity index (χ0n) is 13.5. The Morgan fingerprint density at radius 2 is 2.04 bits per heavy atom. The van der Waals surface area contributed by atoms with E-state index in [0.29, 0.717) is 17.8 Å². The number of rotatable bonds is 3. The maximum Gasteiger partial charge on any atom is 0.237 e. The lowest BCUT2D eigenvalue weighted by Gasteiger charge is -2.35. The Labute approximate surface area is 148 Å². The van der Waals surface area contributed by atoms with Crippen molar-refractivity contribution in [2.24, 2.45) is 0 Å². The minimum absolute atomic E-state index is 0.0379. The number of nitrogens with zero attached hydrogens (tertiary/aromatic N) is 3. The van der Waals surface area contributed by atoms with Crippen LogP contribution < -0.4 is 10.6 Å². The quantitative estimate of drug-likeness (QED) is 0.844. The van der Waals surface area contributed by atoms with Gasteiger partial charge in [-0.15, -0.1) is 0 Å². The molecule has 1 saturated carbocycles. The summed E-state index contributed by atoms with van der Waals surface area (Å²) in [6, 6.07) is 4.34. The van der Waals surface area contributed by atoms with Gasteiger partial charge in [0.2, 0.25) is 5.91 Å². The van der Waals surface area contributed by atoms with E-state index in [9.17, 15) is 4.79 Å². The molecule has 1 amide bonds. The third kappa shape index (κ3) is 2.56. The Morgan fingerprint density at radius 3 is 2.75 bits per heavy atom. The molecule has 2 aliphatic rings. The predicted molar refractivity (Wildman–Crippen MR) is 95.0 cm³/mol. The number of halogens is 1. The van der Waals surface area contributed by atoms with E-state index in [1.165, 1.54) is 0 Å². The highest BCUT2D eigenvalue weighted by molar-refractivity contribution is 9.10. The van der Waals surface area contributed by atoms with Gasteiger partial charge in [-0.1, -0.05) is 0 Å². The molecule has 0 spiro atoms. The number of anilines is 2. The van der Waals surface area contributed by atoms with Gasteiger partial charge < -0.3 is 10.6 Å². The van der Waals surface area contributed by atoms with Crippen LogP contribution in [0.3, 0.4) is 0 Å². The fraction of sp³-hybridized carbons (Fsp3) is 0.412. The molecule has 24 heavy (non-hydrogen) atoms. The predicted octanol–water partition coefficient (Wildman–Crippen LogP) is 3.22.